The van der Waals surface area contributed by atoms with Crippen LogP contribution >= 0.6 is 23.4 Å². The Kier molecular flexibility index (Phi) is 4.81. The number of benzene rings is 2. The minimum atomic E-state index is 0.231. The van der Waals surface area contributed by atoms with E-state index in [-0.39, 0.29) is 5.25 Å². The Hall–Kier alpha value is -1.45. The Morgan fingerprint density at radius 2 is 1.67 bits per heavy atom. The van der Waals surface area contributed by atoms with Crippen molar-refractivity contribution in [3.63, 3.8) is 0 Å². The van der Waals surface area contributed by atoms with Crippen molar-refractivity contribution in [3.05, 3.63) is 70.7 Å². The highest BCUT2D eigenvalue weighted by molar-refractivity contribution is 8.14. The van der Waals surface area contributed by atoms with Gasteiger partial charge in [-0.05, 0) is 36.1 Å². The fourth-order valence-electron chi connectivity index (χ4n) is 3.55. The molecule has 0 bridgehead atoms. The van der Waals surface area contributed by atoms with E-state index in [0.29, 0.717) is 12.1 Å². The van der Waals surface area contributed by atoms with E-state index in [1.54, 1.807) is 0 Å². The predicted molar refractivity (Wildman–Crippen MR) is 104 cm³/mol. The van der Waals surface area contributed by atoms with Crippen LogP contribution in [0.4, 0.5) is 0 Å². The molecule has 124 valence electrons. The van der Waals surface area contributed by atoms with Gasteiger partial charge < -0.3 is 5.32 Å². The number of hydrogen-bond donors (Lipinski definition) is 1. The average molecular weight is 357 g/mol. The van der Waals surface area contributed by atoms with Crippen LogP contribution < -0.4 is 5.32 Å². The summed E-state index contributed by atoms with van der Waals surface area (Å²) in [4.78, 5) is 4.96. The van der Waals surface area contributed by atoms with Crippen molar-refractivity contribution in [2.24, 2.45) is 4.99 Å². The molecule has 0 amide bonds. The lowest BCUT2D eigenvalue weighted by atomic mass is 9.92. The van der Waals surface area contributed by atoms with Crippen LogP contribution in [0.25, 0.3) is 0 Å². The molecule has 1 N–H and O–H groups in total. The zero-order chi connectivity index (χ0) is 16.4. The Morgan fingerprint density at radius 3 is 2.42 bits per heavy atom. The van der Waals surface area contributed by atoms with E-state index in [9.17, 15) is 0 Å². The Balaban J connectivity index is 1.60. The Morgan fingerprint density at radius 1 is 0.958 bits per heavy atom. The van der Waals surface area contributed by atoms with Gasteiger partial charge in [-0.15, -0.1) is 0 Å². The molecule has 1 heterocycles. The molecule has 1 aliphatic heterocycles. The van der Waals surface area contributed by atoms with E-state index >= 15 is 0 Å². The number of thioether (sulfide) groups is 1. The van der Waals surface area contributed by atoms with Crippen molar-refractivity contribution in [2.75, 3.05) is 0 Å². The van der Waals surface area contributed by atoms with Crippen molar-refractivity contribution < 1.29 is 0 Å². The van der Waals surface area contributed by atoms with Crippen LogP contribution in [0.5, 0.6) is 0 Å². The maximum absolute atomic E-state index is 6.07. The summed E-state index contributed by atoms with van der Waals surface area (Å²) in [5, 5.41) is 5.76. The number of nitrogens with zero attached hydrogens (tertiary/aromatic N) is 1. The summed E-state index contributed by atoms with van der Waals surface area (Å²) in [5.41, 5.74) is 2.55. The first-order chi connectivity index (χ1) is 11.8. The van der Waals surface area contributed by atoms with Gasteiger partial charge in [-0.1, -0.05) is 78.7 Å². The summed E-state index contributed by atoms with van der Waals surface area (Å²) in [5.74, 6) is 0. The van der Waals surface area contributed by atoms with Gasteiger partial charge in [0.2, 0.25) is 0 Å². The van der Waals surface area contributed by atoms with Crippen molar-refractivity contribution >= 4 is 28.5 Å². The lowest BCUT2D eigenvalue weighted by molar-refractivity contribution is 0.385. The molecule has 2 nitrogen and oxygen atoms in total. The van der Waals surface area contributed by atoms with Gasteiger partial charge in [0.15, 0.2) is 5.17 Å². The molecule has 0 spiro atoms. The number of halogens is 1. The summed E-state index contributed by atoms with van der Waals surface area (Å²) in [6, 6.07) is 19.8. The van der Waals surface area contributed by atoms with Crippen molar-refractivity contribution in [3.8, 4) is 0 Å². The fraction of sp³-hybridized carbons (Fsp3) is 0.350. The van der Waals surface area contributed by atoms with Crippen LogP contribution in [0.15, 0.2) is 59.6 Å². The van der Waals surface area contributed by atoms with Crippen LogP contribution in [0.3, 0.4) is 0 Å². The highest BCUT2D eigenvalue weighted by atomic mass is 35.5. The van der Waals surface area contributed by atoms with Crippen LogP contribution in [-0.2, 0) is 0 Å². The van der Waals surface area contributed by atoms with E-state index < -0.39 is 0 Å². The lowest BCUT2D eigenvalue weighted by Gasteiger charge is -2.23. The number of rotatable bonds is 3. The molecule has 1 fully saturated rings. The molecule has 2 aromatic rings. The molecule has 1 saturated carbocycles. The second-order valence-electron chi connectivity index (χ2n) is 6.50. The van der Waals surface area contributed by atoms with Gasteiger partial charge in [0.1, 0.15) is 0 Å². The van der Waals surface area contributed by atoms with Gasteiger partial charge >= 0.3 is 0 Å². The lowest BCUT2D eigenvalue weighted by Crippen LogP contribution is -2.36. The van der Waals surface area contributed by atoms with E-state index in [4.69, 9.17) is 16.6 Å². The molecule has 0 saturated heterocycles. The molecule has 3 atom stereocenters. The molecule has 2 aliphatic rings. The largest absolute Gasteiger partial charge is 0.360 e. The van der Waals surface area contributed by atoms with E-state index in [1.165, 1.54) is 36.8 Å². The second-order valence-corrected chi connectivity index (χ2v) is 8.03. The van der Waals surface area contributed by atoms with E-state index in [1.807, 2.05) is 23.9 Å². The van der Waals surface area contributed by atoms with Gasteiger partial charge in [-0.2, -0.15) is 0 Å². The van der Waals surface area contributed by atoms with Crippen molar-refractivity contribution in [1.29, 1.82) is 0 Å². The topological polar surface area (TPSA) is 24.4 Å². The minimum absolute atomic E-state index is 0.231. The highest BCUT2D eigenvalue weighted by Crippen LogP contribution is 2.38. The number of amidine groups is 1. The highest BCUT2D eigenvalue weighted by Gasteiger charge is 2.32. The van der Waals surface area contributed by atoms with Gasteiger partial charge in [0.05, 0.1) is 17.3 Å². The third-order valence-electron chi connectivity index (χ3n) is 4.83. The van der Waals surface area contributed by atoms with Crippen molar-refractivity contribution in [2.45, 2.75) is 43.0 Å². The number of fused-ring (bicyclic) bond motifs is 1. The molecule has 3 unspecified atom stereocenters. The molecule has 4 heteroatoms. The standard InChI is InChI=1S/C20H21ClN2S/c21-16-12-10-15(11-13-16)19(14-6-2-1-3-7-14)24-20-22-17-8-4-5-9-18(17)23-20/h1-3,6-7,10-13,17-19H,4-5,8-9H2,(H,22,23). The van der Waals surface area contributed by atoms with Crippen molar-refractivity contribution in [1.82, 2.24) is 5.32 Å². The number of nitrogens with one attached hydrogen (secondary N) is 1. The number of aliphatic imine (C=N–C) groups is 1. The smallest absolute Gasteiger partial charge is 0.158 e. The summed E-state index contributed by atoms with van der Waals surface area (Å²) in [6.45, 7) is 0. The maximum atomic E-state index is 6.07. The van der Waals surface area contributed by atoms with Gasteiger partial charge in [0, 0.05) is 5.02 Å². The second kappa shape index (κ2) is 7.20. The molecular formula is C20H21ClN2S. The average Bonchev–Trinajstić information content (AvgIpc) is 3.04. The van der Waals surface area contributed by atoms with E-state index in [2.05, 4.69) is 47.8 Å². The zero-order valence-corrected chi connectivity index (χ0v) is 15.1. The van der Waals surface area contributed by atoms with Crippen LogP contribution in [0.1, 0.15) is 42.1 Å². The summed E-state index contributed by atoms with van der Waals surface area (Å²) in [7, 11) is 0. The minimum Gasteiger partial charge on any atom is -0.360 e. The van der Waals surface area contributed by atoms with Crippen LogP contribution in [0.2, 0.25) is 5.02 Å². The summed E-state index contributed by atoms with van der Waals surface area (Å²) in [6.07, 6.45) is 5.10. The molecular weight excluding hydrogens is 336 g/mol. The first kappa shape index (κ1) is 16.0. The molecule has 2 aromatic carbocycles. The van der Waals surface area contributed by atoms with Crippen LogP contribution in [0, 0.1) is 0 Å². The quantitative estimate of drug-likeness (QED) is 0.792. The molecule has 4 rings (SSSR count). The maximum Gasteiger partial charge on any atom is 0.158 e. The zero-order valence-electron chi connectivity index (χ0n) is 13.5. The third kappa shape index (κ3) is 3.47. The first-order valence-corrected chi connectivity index (χ1v) is 9.87. The van der Waals surface area contributed by atoms with Crippen LogP contribution in [-0.4, -0.2) is 17.3 Å². The van der Waals surface area contributed by atoms with Gasteiger partial charge in [0.25, 0.3) is 0 Å². The molecule has 1 aliphatic carbocycles. The predicted octanol–water partition coefficient (Wildman–Crippen LogP) is 5.43. The third-order valence-corrected chi connectivity index (χ3v) is 6.30. The normalized spacial score (nSPS) is 24.0. The fourth-order valence-corrected chi connectivity index (χ4v) is 4.90. The molecule has 0 radical (unpaired) electrons. The van der Waals surface area contributed by atoms with Gasteiger partial charge in [-0.3, -0.25) is 4.99 Å². The summed E-state index contributed by atoms with van der Waals surface area (Å²) >= 11 is 7.90. The molecule has 0 aromatic heterocycles. The first-order valence-electron chi connectivity index (χ1n) is 8.61. The Bertz CT molecular complexity index is 714. The SMILES string of the molecule is Clc1ccc(C(SC2=NC3CCCCC3N2)c2ccccc2)cc1. The van der Waals surface area contributed by atoms with Gasteiger partial charge in [-0.25, -0.2) is 0 Å². The monoisotopic (exact) mass is 356 g/mol. The molecule has 24 heavy (non-hydrogen) atoms. The van der Waals surface area contributed by atoms with E-state index in [0.717, 1.165) is 10.2 Å². The number of hydrogen-bond acceptors (Lipinski definition) is 3. The Labute approximate surface area is 152 Å². The summed E-state index contributed by atoms with van der Waals surface area (Å²) < 4.78 is 0.